The maximum absolute atomic E-state index is 5.87. The first-order valence-electron chi connectivity index (χ1n) is 6.69. The molecule has 0 aliphatic carbocycles. The molecule has 1 saturated heterocycles. The summed E-state index contributed by atoms with van der Waals surface area (Å²) < 4.78 is 0. The number of aromatic nitrogens is 2. The van der Waals surface area contributed by atoms with Crippen molar-refractivity contribution in [3.8, 4) is 0 Å². The highest BCUT2D eigenvalue weighted by atomic mass is 32.2. The van der Waals surface area contributed by atoms with Gasteiger partial charge in [0, 0.05) is 18.7 Å². The highest BCUT2D eigenvalue weighted by molar-refractivity contribution is 7.98. The van der Waals surface area contributed by atoms with Gasteiger partial charge in [0.2, 0.25) is 0 Å². The lowest BCUT2D eigenvalue weighted by Crippen LogP contribution is -2.40. The van der Waals surface area contributed by atoms with Gasteiger partial charge in [-0.25, -0.2) is 9.97 Å². The van der Waals surface area contributed by atoms with Crippen molar-refractivity contribution in [2.24, 2.45) is 0 Å². The van der Waals surface area contributed by atoms with Gasteiger partial charge in [0.1, 0.15) is 11.6 Å². The minimum absolute atomic E-state index is 0.574. The molecule has 1 aliphatic rings. The minimum Gasteiger partial charge on any atom is -0.383 e. The van der Waals surface area contributed by atoms with Crippen LogP contribution in [0, 0.1) is 0 Å². The van der Waals surface area contributed by atoms with Gasteiger partial charge in [0.25, 0.3) is 0 Å². The molecule has 1 aliphatic heterocycles. The van der Waals surface area contributed by atoms with Crippen LogP contribution in [0.1, 0.15) is 39.0 Å². The van der Waals surface area contributed by atoms with Crippen molar-refractivity contribution in [3.63, 3.8) is 0 Å². The van der Waals surface area contributed by atoms with Crippen LogP contribution in [0.3, 0.4) is 0 Å². The van der Waals surface area contributed by atoms with Crippen molar-refractivity contribution in [3.05, 3.63) is 6.07 Å². The summed E-state index contributed by atoms with van der Waals surface area (Å²) in [4.78, 5) is 11.2. The molecule has 1 aromatic rings. The molecule has 0 amide bonds. The van der Waals surface area contributed by atoms with Crippen molar-refractivity contribution < 1.29 is 0 Å². The van der Waals surface area contributed by atoms with E-state index in [1.165, 1.54) is 32.1 Å². The van der Waals surface area contributed by atoms with Crippen molar-refractivity contribution in [2.75, 3.05) is 23.4 Å². The Morgan fingerprint density at radius 1 is 1.44 bits per heavy atom. The molecule has 0 aromatic carbocycles. The van der Waals surface area contributed by atoms with Gasteiger partial charge in [-0.15, -0.1) is 0 Å². The maximum Gasteiger partial charge on any atom is 0.191 e. The van der Waals surface area contributed by atoms with E-state index in [0.717, 1.165) is 17.5 Å². The smallest absolute Gasteiger partial charge is 0.191 e. The second-order valence-corrected chi connectivity index (χ2v) is 5.54. The quantitative estimate of drug-likeness (QED) is 0.671. The molecule has 0 bridgehead atoms. The van der Waals surface area contributed by atoms with E-state index in [2.05, 4.69) is 21.8 Å². The van der Waals surface area contributed by atoms with Crippen molar-refractivity contribution in [1.29, 1.82) is 0 Å². The lowest BCUT2D eigenvalue weighted by Gasteiger charge is -2.36. The topological polar surface area (TPSA) is 55.0 Å². The largest absolute Gasteiger partial charge is 0.383 e. The second kappa shape index (κ2) is 6.27. The third-order valence-corrected chi connectivity index (χ3v) is 3.99. The number of rotatable bonds is 4. The molecule has 0 radical (unpaired) electrons. The Kier molecular flexibility index (Phi) is 4.69. The lowest BCUT2D eigenvalue weighted by molar-refractivity contribution is 0.431. The average Bonchev–Trinajstić information content (AvgIpc) is 2.39. The summed E-state index contributed by atoms with van der Waals surface area (Å²) in [5, 5.41) is 0.769. The summed E-state index contributed by atoms with van der Waals surface area (Å²) in [5.74, 6) is 1.58. The van der Waals surface area contributed by atoms with Crippen LogP contribution >= 0.6 is 11.8 Å². The van der Waals surface area contributed by atoms with E-state index < -0.39 is 0 Å². The Balaban J connectivity index is 2.24. The summed E-state index contributed by atoms with van der Waals surface area (Å²) in [6.07, 6.45) is 8.29. The Labute approximate surface area is 113 Å². The van der Waals surface area contributed by atoms with Crippen LogP contribution in [0.2, 0.25) is 0 Å². The molecule has 1 fully saturated rings. The molecule has 1 atom stereocenters. The Morgan fingerprint density at radius 2 is 2.28 bits per heavy atom. The van der Waals surface area contributed by atoms with Crippen LogP contribution in [0.5, 0.6) is 0 Å². The summed E-state index contributed by atoms with van der Waals surface area (Å²) in [7, 11) is 0. The van der Waals surface area contributed by atoms with Gasteiger partial charge in [0.15, 0.2) is 5.16 Å². The second-order valence-electron chi connectivity index (χ2n) is 4.77. The Morgan fingerprint density at radius 3 is 3.00 bits per heavy atom. The molecule has 1 aromatic heterocycles. The minimum atomic E-state index is 0.574. The van der Waals surface area contributed by atoms with E-state index in [1.807, 2.05) is 12.3 Å². The van der Waals surface area contributed by atoms with Crippen LogP contribution in [-0.4, -0.2) is 28.8 Å². The van der Waals surface area contributed by atoms with Crippen LogP contribution < -0.4 is 10.6 Å². The Hall–Kier alpha value is -0.970. The van der Waals surface area contributed by atoms with E-state index in [4.69, 9.17) is 5.73 Å². The first kappa shape index (κ1) is 13.5. The van der Waals surface area contributed by atoms with Gasteiger partial charge in [-0.05, 0) is 31.9 Å². The molecule has 0 spiro atoms. The Bertz CT molecular complexity index is 395. The number of hydrogen-bond donors (Lipinski definition) is 1. The zero-order valence-electron chi connectivity index (χ0n) is 11.2. The predicted molar refractivity (Wildman–Crippen MR) is 78.1 cm³/mol. The van der Waals surface area contributed by atoms with Gasteiger partial charge in [0.05, 0.1) is 0 Å². The van der Waals surface area contributed by atoms with Crippen LogP contribution in [0.25, 0.3) is 0 Å². The van der Waals surface area contributed by atoms with Crippen LogP contribution in [-0.2, 0) is 0 Å². The fourth-order valence-corrected chi connectivity index (χ4v) is 2.99. The highest BCUT2D eigenvalue weighted by Gasteiger charge is 2.23. The van der Waals surface area contributed by atoms with Crippen LogP contribution in [0.15, 0.2) is 11.2 Å². The number of nitrogens with two attached hydrogens (primary N) is 1. The zero-order valence-corrected chi connectivity index (χ0v) is 12.0. The molecular formula is C13H22N4S. The normalized spacial score (nSPS) is 20.1. The van der Waals surface area contributed by atoms with Gasteiger partial charge < -0.3 is 10.6 Å². The molecule has 2 N–H and O–H groups in total. The van der Waals surface area contributed by atoms with E-state index >= 15 is 0 Å². The molecule has 100 valence electrons. The standard InChI is InChI=1S/C13H22N4S/c1-3-6-10-7-4-5-8-17(10)12-9-11(14)15-13(16-12)18-2/h9-10H,3-8H2,1-2H3,(H2,14,15,16). The molecule has 5 heteroatoms. The van der Waals surface area contributed by atoms with E-state index in [0.29, 0.717) is 11.9 Å². The van der Waals surface area contributed by atoms with Gasteiger partial charge in [-0.3, -0.25) is 0 Å². The highest BCUT2D eigenvalue weighted by Crippen LogP contribution is 2.27. The van der Waals surface area contributed by atoms with Crippen LogP contribution in [0.4, 0.5) is 11.6 Å². The van der Waals surface area contributed by atoms with Gasteiger partial charge in [-0.1, -0.05) is 25.1 Å². The molecule has 1 unspecified atom stereocenters. The maximum atomic E-state index is 5.87. The van der Waals surface area contributed by atoms with Gasteiger partial charge in [-0.2, -0.15) is 0 Å². The molecule has 2 rings (SSSR count). The third kappa shape index (κ3) is 3.07. The summed E-state index contributed by atoms with van der Waals surface area (Å²) in [5.41, 5.74) is 5.87. The van der Waals surface area contributed by atoms with Crippen molar-refractivity contribution >= 4 is 23.4 Å². The van der Waals surface area contributed by atoms with Gasteiger partial charge >= 0.3 is 0 Å². The molecule has 18 heavy (non-hydrogen) atoms. The number of nitrogens with zero attached hydrogens (tertiary/aromatic N) is 3. The first-order chi connectivity index (χ1) is 8.74. The summed E-state index contributed by atoms with van der Waals surface area (Å²) >= 11 is 1.55. The average molecular weight is 266 g/mol. The number of hydrogen-bond acceptors (Lipinski definition) is 5. The predicted octanol–water partition coefficient (Wildman–Crippen LogP) is 2.94. The monoisotopic (exact) mass is 266 g/mol. The number of thioether (sulfide) groups is 1. The summed E-state index contributed by atoms with van der Waals surface area (Å²) in [6, 6.07) is 2.53. The van der Waals surface area contributed by atoms with Crippen molar-refractivity contribution in [1.82, 2.24) is 9.97 Å². The number of piperidine rings is 1. The fraction of sp³-hybridized carbons (Fsp3) is 0.692. The molecule has 4 nitrogen and oxygen atoms in total. The summed E-state index contributed by atoms with van der Waals surface area (Å²) in [6.45, 7) is 3.34. The number of nitrogen functional groups attached to an aromatic ring is 1. The molecule has 2 heterocycles. The first-order valence-corrected chi connectivity index (χ1v) is 7.92. The third-order valence-electron chi connectivity index (χ3n) is 3.44. The SMILES string of the molecule is CCCC1CCCCN1c1cc(N)nc(SC)n1. The van der Waals surface area contributed by atoms with Crippen molar-refractivity contribution in [2.45, 2.75) is 50.2 Å². The lowest BCUT2D eigenvalue weighted by atomic mass is 9.98. The fourth-order valence-electron chi connectivity index (χ4n) is 2.60. The molecular weight excluding hydrogens is 244 g/mol. The zero-order chi connectivity index (χ0) is 13.0. The molecule has 0 saturated carbocycles. The number of anilines is 2. The van der Waals surface area contributed by atoms with E-state index in [-0.39, 0.29) is 0 Å². The van der Waals surface area contributed by atoms with E-state index in [9.17, 15) is 0 Å². The van der Waals surface area contributed by atoms with E-state index in [1.54, 1.807) is 11.8 Å².